The van der Waals surface area contributed by atoms with Gasteiger partial charge in [0.25, 0.3) is 0 Å². The predicted molar refractivity (Wildman–Crippen MR) is 87.0 cm³/mol. The Balaban J connectivity index is 2.21. The van der Waals surface area contributed by atoms with Crippen LogP contribution in [-0.2, 0) is 13.0 Å². The first-order valence-electron chi connectivity index (χ1n) is 6.88. The largest absolute Gasteiger partial charge is 0.487 e. The van der Waals surface area contributed by atoms with E-state index in [9.17, 15) is 4.39 Å². The standard InChI is InChI=1S/C17H19BrFNO/c1-11-6-7-15(19)9-14(11)10-21-17-13(8-12(2)20)4-3-5-16(17)18/h3-7,9,12H,8,10,20H2,1-2H3. The van der Waals surface area contributed by atoms with Gasteiger partial charge in [-0.25, -0.2) is 4.39 Å². The molecule has 21 heavy (non-hydrogen) atoms. The zero-order valence-electron chi connectivity index (χ0n) is 12.2. The van der Waals surface area contributed by atoms with E-state index < -0.39 is 0 Å². The van der Waals surface area contributed by atoms with Crippen LogP contribution in [0.2, 0.25) is 0 Å². The number of rotatable bonds is 5. The molecule has 0 aromatic heterocycles. The van der Waals surface area contributed by atoms with Crippen LogP contribution in [0.5, 0.6) is 5.75 Å². The van der Waals surface area contributed by atoms with Crippen molar-refractivity contribution in [1.82, 2.24) is 0 Å². The summed E-state index contributed by atoms with van der Waals surface area (Å²) in [4.78, 5) is 0. The second kappa shape index (κ2) is 7.05. The molecule has 0 saturated heterocycles. The van der Waals surface area contributed by atoms with Crippen LogP contribution in [0.4, 0.5) is 4.39 Å². The number of aryl methyl sites for hydroxylation is 1. The third-order valence-electron chi connectivity index (χ3n) is 3.27. The van der Waals surface area contributed by atoms with Crippen molar-refractivity contribution in [2.24, 2.45) is 5.73 Å². The second-order valence-corrected chi connectivity index (χ2v) is 6.12. The minimum Gasteiger partial charge on any atom is -0.487 e. The number of hydrogen-bond acceptors (Lipinski definition) is 2. The van der Waals surface area contributed by atoms with Gasteiger partial charge < -0.3 is 10.5 Å². The highest BCUT2D eigenvalue weighted by Crippen LogP contribution is 2.31. The quantitative estimate of drug-likeness (QED) is 0.868. The molecule has 2 aromatic rings. The average molecular weight is 352 g/mol. The van der Waals surface area contributed by atoms with Crippen molar-refractivity contribution >= 4 is 15.9 Å². The molecule has 0 spiro atoms. The van der Waals surface area contributed by atoms with Crippen molar-refractivity contribution in [2.75, 3.05) is 0 Å². The Hall–Kier alpha value is -1.39. The summed E-state index contributed by atoms with van der Waals surface area (Å²) in [6.45, 7) is 4.24. The van der Waals surface area contributed by atoms with Gasteiger partial charge in [-0.1, -0.05) is 18.2 Å². The molecule has 0 saturated carbocycles. The van der Waals surface area contributed by atoms with Crippen molar-refractivity contribution in [3.63, 3.8) is 0 Å². The number of halogens is 2. The normalized spacial score (nSPS) is 12.2. The fraction of sp³-hybridized carbons (Fsp3) is 0.294. The highest BCUT2D eigenvalue weighted by Gasteiger charge is 2.11. The highest BCUT2D eigenvalue weighted by atomic mass is 79.9. The summed E-state index contributed by atoms with van der Waals surface area (Å²) in [5.74, 6) is 0.528. The molecule has 0 aliphatic rings. The number of ether oxygens (including phenoxy) is 1. The fourth-order valence-electron chi connectivity index (χ4n) is 2.17. The summed E-state index contributed by atoms with van der Waals surface area (Å²) in [5, 5.41) is 0. The predicted octanol–water partition coefficient (Wildman–Crippen LogP) is 4.37. The monoisotopic (exact) mass is 351 g/mol. The van der Waals surface area contributed by atoms with E-state index in [4.69, 9.17) is 10.5 Å². The zero-order chi connectivity index (χ0) is 15.4. The Bertz CT molecular complexity index is 628. The SMILES string of the molecule is Cc1ccc(F)cc1COc1c(Br)cccc1CC(C)N. The smallest absolute Gasteiger partial charge is 0.137 e. The molecular weight excluding hydrogens is 333 g/mol. The second-order valence-electron chi connectivity index (χ2n) is 5.27. The van der Waals surface area contributed by atoms with Crippen LogP contribution < -0.4 is 10.5 Å². The van der Waals surface area contributed by atoms with Crippen molar-refractivity contribution in [3.05, 3.63) is 63.4 Å². The molecule has 2 rings (SSSR count). The van der Waals surface area contributed by atoms with E-state index in [1.807, 2.05) is 32.0 Å². The molecule has 2 N–H and O–H groups in total. The number of nitrogens with two attached hydrogens (primary N) is 1. The molecule has 1 atom stereocenters. The van der Waals surface area contributed by atoms with Gasteiger partial charge in [0, 0.05) is 6.04 Å². The summed E-state index contributed by atoms with van der Waals surface area (Å²) < 4.78 is 20.1. The lowest BCUT2D eigenvalue weighted by Crippen LogP contribution is -2.18. The van der Waals surface area contributed by atoms with Crippen molar-refractivity contribution in [3.8, 4) is 5.75 Å². The van der Waals surface area contributed by atoms with E-state index in [0.29, 0.717) is 6.61 Å². The molecule has 1 unspecified atom stereocenters. The lowest BCUT2D eigenvalue weighted by molar-refractivity contribution is 0.299. The zero-order valence-corrected chi connectivity index (χ0v) is 13.8. The van der Waals surface area contributed by atoms with Crippen LogP contribution in [0.15, 0.2) is 40.9 Å². The third-order valence-corrected chi connectivity index (χ3v) is 3.90. The van der Waals surface area contributed by atoms with Gasteiger partial charge >= 0.3 is 0 Å². The number of para-hydroxylation sites is 1. The Morgan fingerprint density at radius 2 is 2.00 bits per heavy atom. The lowest BCUT2D eigenvalue weighted by Gasteiger charge is -2.15. The van der Waals surface area contributed by atoms with Gasteiger partial charge in [0.2, 0.25) is 0 Å². The van der Waals surface area contributed by atoms with Gasteiger partial charge in [-0.05, 0) is 71.1 Å². The fourth-order valence-corrected chi connectivity index (χ4v) is 2.69. The lowest BCUT2D eigenvalue weighted by atomic mass is 10.1. The van der Waals surface area contributed by atoms with Crippen LogP contribution in [0.1, 0.15) is 23.6 Å². The number of hydrogen-bond donors (Lipinski definition) is 1. The van der Waals surface area contributed by atoms with E-state index >= 15 is 0 Å². The van der Waals surface area contributed by atoms with Gasteiger partial charge in [0.05, 0.1) is 4.47 Å². The van der Waals surface area contributed by atoms with E-state index in [1.165, 1.54) is 12.1 Å². The molecule has 2 nitrogen and oxygen atoms in total. The van der Waals surface area contributed by atoms with Crippen LogP contribution in [0.25, 0.3) is 0 Å². The van der Waals surface area contributed by atoms with Gasteiger partial charge in [-0.2, -0.15) is 0 Å². The molecule has 2 aromatic carbocycles. The first-order chi connectivity index (χ1) is 9.97. The molecule has 0 fully saturated rings. The van der Waals surface area contributed by atoms with Crippen LogP contribution in [-0.4, -0.2) is 6.04 Å². The van der Waals surface area contributed by atoms with E-state index in [1.54, 1.807) is 6.07 Å². The summed E-state index contributed by atoms with van der Waals surface area (Å²) >= 11 is 3.50. The summed E-state index contributed by atoms with van der Waals surface area (Å²) in [6, 6.07) is 10.7. The summed E-state index contributed by atoms with van der Waals surface area (Å²) in [5.41, 5.74) is 8.78. The van der Waals surface area contributed by atoms with Crippen LogP contribution in [0.3, 0.4) is 0 Å². The van der Waals surface area contributed by atoms with Gasteiger partial charge in [0.15, 0.2) is 0 Å². The molecular formula is C17H19BrFNO. The summed E-state index contributed by atoms with van der Waals surface area (Å²) in [6.07, 6.45) is 0.733. The van der Waals surface area contributed by atoms with Gasteiger partial charge in [-0.3, -0.25) is 0 Å². The molecule has 4 heteroatoms. The average Bonchev–Trinajstić information content (AvgIpc) is 2.41. The van der Waals surface area contributed by atoms with E-state index in [-0.39, 0.29) is 11.9 Å². The maximum absolute atomic E-state index is 13.3. The Morgan fingerprint density at radius 1 is 1.24 bits per heavy atom. The highest BCUT2D eigenvalue weighted by molar-refractivity contribution is 9.10. The Labute approximate surface area is 133 Å². The molecule has 0 amide bonds. The minimum absolute atomic E-state index is 0.0533. The molecule has 0 heterocycles. The topological polar surface area (TPSA) is 35.2 Å². The van der Waals surface area contributed by atoms with Crippen LogP contribution in [0, 0.1) is 12.7 Å². The van der Waals surface area contributed by atoms with Crippen LogP contribution >= 0.6 is 15.9 Å². The molecule has 0 aliphatic carbocycles. The number of benzene rings is 2. The first-order valence-corrected chi connectivity index (χ1v) is 7.67. The van der Waals surface area contributed by atoms with Crippen molar-refractivity contribution in [2.45, 2.75) is 32.9 Å². The van der Waals surface area contributed by atoms with E-state index in [0.717, 1.165) is 33.3 Å². The van der Waals surface area contributed by atoms with Crippen molar-refractivity contribution in [1.29, 1.82) is 0 Å². The maximum Gasteiger partial charge on any atom is 0.137 e. The van der Waals surface area contributed by atoms with Gasteiger partial charge in [-0.15, -0.1) is 0 Å². The summed E-state index contributed by atoms with van der Waals surface area (Å²) in [7, 11) is 0. The maximum atomic E-state index is 13.3. The molecule has 0 bridgehead atoms. The molecule has 0 aliphatic heterocycles. The van der Waals surface area contributed by atoms with Crippen molar-refractivity contribution < 1.29 is 9.13 Å². The first kappa shape index (κ1) is 16.0. The van der Waals surface area contributed by atoms with E-state index in [2.05, 4.69) is 15.9 Å². The molecule has 112 valence electrons. The van der Waals surface area contributed by atoms with Gasteiger partial charge in [0.1, 0.15) is 18.2 Å². The Kier molecular flexibility index (Phi) is 5.37. The molecule has 0 radical (unpaired) electrons. The minimum atomic E-state index is -0.248. The third kappa shape index (κ3) is 4.29. The Morgan fingerprint density at radius 3 is 2.71 bits per heavy atom.